The van der Waals surface area contributed by atoms with Crippen molar-refractivity contribution in [2.24, 2.45) is 4.99 Å². The van der Waals surface area contributed by atoms with Crippen LogP contribution in [0, 0.1) is 11.6 Å². The molecule has 0 spiro atoms. The van der Waals surface area contributed by atoms with E-state index in [1.807, 2.05) is 6.92 Å². The molecule has 0 amide bonds. The van der Waals surface area contributed by atoms with Gasteiger partial charge in [-0.3, -0.25) is 0 Å². The van der Waals surface area contributed by atoms with Gasteiger partial charge in [-0.25, -0.2) is 0 Å². The van der Waals surface area contributed by atoms with Crippen LogP contribution >= 0.6 is 0 Å². The van der Waals surface area contributed by atoms with Crippen LogP contribution in [0.1, 0.15) is 71.8 Å². The molecule has 160 valence electrons. The summed E-state index contributed by atoms with van der Waals surface area (Å²) in [5.74, 6) is -0.901. The summed E-state index contributed by atoms with van der Waals surface area (Å²) in [5, 5.41) is 0. The van der Waals surface area contributed by atoms with Gasteiger partial charge in [0.05, 0.1) is 0 Å². The number of benzene rings is 1. The molecule has 1 aromatic rings. The molecule has 5 heteroatoms. The summed E-state index contributed by atoms with van der Waals surface area (Å²) in [6, 6.07) is 3.43. The van der Waals surface area contributed by atoms with E-state index in [9.17, 15) is 8.78 Å². The van der Waals surface area contributed by atoms with Crippen LogP contribution in [0.3, 0.4) is 0 Å². The van der Waals surface area contributed by atoms with Crippen LogP contribution in [-0.4, -0.2) is 41.9 Å². The van der Waals surface area contributed by atoms with Crippen molar-refractivity contribution >= 4 is 24.6 Å². The minimum absolute atomic E-state index is 0.00817. The fourth-order valence-electron chi connectivity index (χ4n) is 3.53. The van der Waals surface area contributed by atoms with Gasteiger partial charge in [-0.05, 0) is 0 Å². The van der Waals surface area contributed by atoms with Gasteiger partial charge in [0.1, 0.15) is 0 Å². The van der Waals surface area contributed by atoms with Gasteiger partial charge >= 0.3 is 175 Å². The first-order valence-electron chi connectivity index (χ1n) is 11.0. The first-order valence-corrected chi connectivity index (χ1v) is 19.1. The number of aliphatic imine (C=N–C) groups is 1. The van der Waals surface area contributed by atoms with E-state index in [2.05, 4.69) is 25.8 Å². The normalized spacial score (nSPS) is 13.4. The Morgan fingerprint density at radius 1 is 1.00 bits per heavy atom. The number of hydrogen-bond acceptors (Lipinski definition) is 2. The zero-order valence-electron chi connectivity index (χ0n) is 18.3. The first-order chi connectivity index (χ1) is 13.5. The van der Waals surface area contributed by atoms with Gasteiger partial charge in [0, 0.05) is 0 Å². The molecular formula is C23H39F2NOSn. The number of rotatable bonds is 15. The van der Waals surface area contributed by atoms with Crippen LogP contribution in [0.15, 0.2) is 23.2 Å². The third kappa shape index (κ3) is 9.82. The predicted molar refractivity (Wildman–Crippen MR) is 119 cm³/mol. The van der Waals surface area contributed by atoms with Crippen LogP contribution in [0.4, 0.5) is 8.78 Å². The topological polar surface area (TPSA) is 21.6 Å². The van der Waals surface area contributed by atoms with Crippen molar-refractivity contribution in [3.05, 3.63) is 35.4 Å². The van der Waals surface area contributed by atoms with E-state index in [-0.39, 0.29) is 11.7 Å². The summed E-state index contributed by atoms with van der Waals surface area (Å²) in [6.45, 7) is 9.35. The Hall–Kier alpha value is -0.491. The van der Waals surface area contributed by atoms with E-state index in [0.29, 0.717) is 6.54 Å². The molecular weight excluding hydrogens is 463 g/mol. The molecule has 28 heavy (non-hydrogen) atoms. The van der Waals surface area contributed by atoms with E-state index < -0.39 is 30.0 Å². The van der Waals surface area contributed by atoms with E-state index in [0.717, 1.165) is 16.8 Å². The van der Waals surface area contributed by atoms with E-state index >= 15 is 0 Å². The van der Waals surface area contributed by atoms with E-state index in [1.165, 1.54) is 64.1 Å². The maximum atomic E-state index is 13.7. The van der Waals surface area contributed by atoms with Crippen LogP contribution in [0.25, 0.3) is 0 Å². The van der Waals surface area contributed by atoms with Crippen molar-refractivity contribution < 1.29 is 13.5 Å². The molecule has 0 bridgehead atoms. The molecule has 0 saturated carbocycles. The van der Waals surface area contributed by atoms with Crippen LogP contribution in [-0.2, 0) is 4.74 Å². The molecule has 0 aliphatic rings. The van der Waals surface area contributed by atoms with Crippen molar-refractivity contribution in [3.8, 4) is 0 Å². The van der Waals surface area contributed by atoms with Gasteiger partial charge in [0.15, 0.2) is 0 Å². The van der Waals surface area contributed by atoms with E-state index in [1.54, 1.807) is 0 Å². The zero-order chi connectivity index (χ0) is 20.8. The summed E-state index contributed by atoms with van der Waals surface area (Å²) in [5.41, 5.74) is 0.189. The monoisotopic (exact) mass is 503 g/mol. The van der Waals surface area contributed by atoms with Gasteiger partial charge in [-0.2, -0.15) is 0 Å². The molecule has 1 unspecified atom stereocenters. The van der Waals surface area contributed by atoms with Crippen molar-refractivity contribution in [2.45, 2.75) is 85.6 Å². The summed E-state index contributed by atoms with van der Waals surface area (Å²) in [7, 11) is 0. The van der Waals surface area contributed by atoms with Gasteiger partial charge in [0.25, 0.3) is 0 Å². The summed E-state index contributed by atoms with van der Waals surface area (Å²) in [6.07, 6.45) is 9.20. The summed E-state index contributed by atoms with van der Waals surface area (Å²) in [4.78, 5) is 4.30. The molecule has 0 aromatic heterocycles. The van der Waals surface area contributed by atoms with Crippen molar-refractivity contribution in [1.29, 1.82) is 0 Å². The van der Waals surface area contributed by atoms with Gasteiger partial charge in [0.2, 0.25) is 0 Å². The fourth-order valence-corrected chi connectivity index (χ4v) is 18.2. The Morgan fingerprint density at radius 3 is 2.11 bits per heavy atom. The standard InChI is InChI=1S/C11H12F2NO.3C4H9.Sn/c1-8(15-2)6-14-7-9-5-10(12)3-4-11(9)13;3*1-3-4-2;/h3-5,7-8H,2,6H2,1H3;3*1,3-4H2,2H3;. The molecule has 1 atom stereocenters. The second-order valence-electron chi connectivity index (χ2n) is 8.09. The molecule has 0 saturated heterocycles. The first kappa shape index (κ1) is 25.5. The average molecular weight is 502 g/mol. The summed E-state index contributed by atoms with van der Waals surface area (Å²) >= 11 is -2.29. The second kappa shape index (κ2) is 14.5. The van der Waals surface area contributed by atoms with Gasteiger partial charge in [-0.1, -0.05) is 0 Å². The molecule has 0 aliphatic carbocycles. The molecule has 1 aromatic carbocycles. The Morgan fingerprint density at radius 2 is 1.57 bits per heavy atom. The molecule has 0 radical (unpaired) electrons. The third-order valence-corrected chi connectivity index (χ3v) is 19.7. The quantitative estimate of drug-likeness (QED) is 0.184. The van der Waals surface area contributed by atoms with Crippen molar-refractivity contribution in [3.63, 3.8) is 0 Å². The number of halogens is 2. The third-order valence-electron chi connectivity index (χ3n) is 5.41. The average Bonchev–Trinajstić information content (AvgIpc) is 2.69. The number of nitrogens with zero attached hydrogens (tertiary/aromatic N) is 1. The van der Waals surface area contributed by atoms with Gasteiger partial charge < -0.3 is 0 Å². The molecule has 0 N–H and O–H groups in total. The molecule has 0 heterocycles. The van der Waals surface area contributed by atoms with Gasteiger partial charge in [-0.15, -0.1) is 0 Å². The van der Waals surface area contributed by atoms with Crippen LogP contribution in [0.2, 0.25) is 13.3 Å². The molecule has 1 rings (SSSR count). The van der Waals surface area contributed by atoms with E-state index in [4.69, 9.17) is 4.74 Å². The number of hydrogen-bond donors (Lipinski definition) is 0. The fraction of sp³-hybridized carbons (Fsp3) is 0.696. The Kier molecular flexibility index (Phi) is 13.2. The maximum absolute atomic E-state index is 13.7. The Bertz CT molecular complexity index is 558. The zero-order valence-corrected chi connectivity index (χ0v) is 21.1. The van der Waals surface area contributed by atoms with Crippen LogP contribution < -0.4 is 0 Å². The number of ether oxygens (including phenoxy) is 1. The second-order valence-corrected chi connectivity index (χ2v) is 21.8. The number of unbranched alkanes of at least 4 members (excludes halogenated alkanes) is 3. The molecule has 0 aliphatic heterocycles. The summed E-state index contributed by atoms with van der Waals surface area (Å²) < 4.78 is 38.5. The Labute approximate surface area is 175 Å². The van der Waals surface area contributed by atoms with Crippen molar-refractivity contribution in [1.82, 2.24) is 0 Å². The molecule has 0 fully saturated rings. The predicted octanol–water partition coefficient (Wildman–Crippen LogP) is 7.18. The SMILES string of the molecule is CCC[CH2][Sn]([CH2]CCC)([CH2]CCC)[CH2]OC(C)CN=Cc1cc(F)ccc1F. The van der Waals surface area contributed by atoms with Crippen molar-refractivity contribution in [2.75, 3.05) is 11.2 Å². The Balaban J connectivity index is 2.65. The van der Waals surface area contributed by atoms with Crippen LogP contribution in [0.5, 0.6) is 0 Å². The molecule has 2 nitrogen and oxygen atoms in total. The minimum atomic E-state index is -2.29.